The Bertz CT molecular complexity index is 529. The molecule has 120 valence electrons. The van der Waals surface area contributed by atoms with Crippen molar-refractivity contribution in [2.45, 2.75) is 32.6 Å². The lowest BCUT2D eigenvalue weighted by molar-refractivity contribution is -0.122. The number of amides is 2. The summed E-state index contributed by atoms with van der Waals surface area (Å²) in [6, 6.07) is 7.07. The van der Waals surface area contributed by atoms with Crippen molar-refractivity contribution >= 4 is 17.5 Å². The van der Waals surface area contributed by atoms with Gasteiger partial charge in [-0.2, -0.15) is 0 Å². The van der Waals surface area contributed by atoms with Gasteiger partial charge < -0.3 is 15.5 Å². The Balaban J connectivity index is 2.34. The minimum atomic E-state index is -0.228. The molecule has 0 fully saturated rings. The summed E-state index contributed by atoms with van der Waals surface area (Å²) in [5, 5.41) is 2.74. The van der Waals surface area contributed by atoms with Crippen molar-refractivity contribution in [1.29, 1.82) is 0 Å². The van der Waals surface area contributed by atoms with Crippen LogP contribution >= 0.6 is 0 Å². The first-order valence-electron chi connectivity index (χ1n) is 7.21. The largest absolute Gasteiger partial charge is 0.497 e. The fraction of sp³-hybridized carbons (Fsp3) is 0.375. The van der Waals surface area contributed by atoms with Crippen molar-refractivity contribution in [3.05, 3.63) is 36.5 Å². The fourth-order valence-electron chi connectivity index (χ4n) is 1.70. The lowest BCUT2D eigenvalue weighted by atomic mass is 10.2. The molecule has 0 aliphatic carbocycles. The number of ether oxygens (including phenoxy) is 1. The molecule has 0 aromatic heterocycles. The molecule has 6 nitrogen and oxygen atoms in total. The molecular formula is C16H23N3O3. The molecule has 0 saturated carbocycles. The lowest BCUT2D eigenvalue weighted by Crippen LogP contribution is -2.37. The van der Waals surface area contributed by atoms with Crippen molar-refractivity contribution in [2.75, 3.05) is 12.4 Å². The lowest BCUT2D eigenvalue weighted by Gasteiger charge is -2.11. The van der Waals surface area contributed by atoms with E-state index in [0.717, 1.165) is 12.8 Å². The molecule has 0 radical (unpaired) electrons. The maximum Gasteiger partial charge on any atom is 0.238 e. The van der Waals surface area contributed by atoms with Crippen LogP contribution in [0.5, 0.6) is 5.75 Å². The van der Waals surface area contributed by atoms with E-state index in [2.05, 4.69) is 22.7 Å². The standard InChI is InChI=1S/C16H23N3O3/c1-4-5-9-15(20)19-18-12(2)10-16(21)17-13-7-6-8-14(11-13)22-3/h6-8,11,18H,2,4-5,9-10H2,1,3H3,(H,17,21)(H,19,20). The van der Waals surface area contributed by atoms with Crippen molar-refractivity contribution in [3.63, 3.8) is 0 Å². The van der Waals surface area contributed by atoms with E-state index in [1.54, 1.807) is 31.4 Å². The first-order chi connectivity index (χ1) is 10.5. The van der Waals surface area contributed by atoms with Gasteiger partial charge in [-0.1, -0.05) is 26.0 Å². The molecule has 0 unspecified atom stereocenters. The molecular weight excluding hydrogens is 282 g/mol. The number of carbonyl (C=O) groups is 2. The zero-order chi connectivity index (χ0) is 16.4. The van der Waals surface area contributed by atoms with Crippen molar-refractivity contribution < 1.29 is 14.3 Å². The summed E-state index contributed by atoms with van der Waals surface area (Å²) in [6.45, 7) is 5.73. The van der Waals surface area contributed by atoms with E-state index in [0.29, 0.717) is 23.6 Å². The van der Waals surface area contributed by atoms with E-state index in [1.165, 1.54) is 0 Å². The van der Waals surface area contributed by atoms with Gasteiger partial charge in [0.15, 0.2) is 0 Å². The predicted molar refractivity (Wildman–Crippen MR) is 86.2 cm³/mol. The van der Waals surface area contributed by atoms with Crippen LogP contribution in [0.3, 0.4) is 0 Å². The Hall–Kier alpha value is -2.50. The van der Waals surface area contributed by atoms with E-state index in [-0.39, 0.29) is 18.2 Å². The highest BCUT2D eigenvalue weighted by Crippen LogP contribution is 2.16. The fourth-order valence-corrected chi connectivity index (χ4v) is 1.70. The first kappa shape index (κ1) is 17.6. The van der Waals surface area contributed by atoms with Gasteiger partial charge in [-0.05, 0) is 18.6 Å². The third kappa shape index (κ3) is 6.78. The van der Waals surface area contributed by atoms with Gasteiger partial charge in [-0.3, -0.25) is 15.0 Å². The van der Waals surface area contributed by atoms with Gasteiger partial charge in [0.25, 0.3) is 0 Å². The topological polar surface area (TPSA) is 79.5 Å². The second-order valence-electron chi connectivity index (χ2n) is 4.84. The van der Waals surface area contributed by atoms with Gasteiger partial charge >= 0.3 is 0 Å². The van der Waals surface area contributed by atoms with Crippen LogP contribution in [0.2, 0.25) is 0 Å². The second kappa shape index (κ2) is 9.44. The number of rotatable bonds is 9. The quantitative estimate of drug-likeness (QED) is 0.612. The maximum atomic E-state index is 11.9. The third-order valence-corrected chi connectivity index (χ3v) is 2.86. The summed E-state index contributed by atoms with van der Waals surface area (Å²) in [7, 11) is 1.56. The smallest absolute Gasteiger partial charge is 0.238 e. The minimum Gasteiger partial charge on any atom is -0.497 e. The van der Waals surface area contributed by atoms with Gasteiger partial charge in [0.2, 0.25) is 11.8 Å². The Morgan fingerprint density at radius 2 is 2.00 bits per heavy atom. The van der Waals surface area contributed by atoms with E-state index < -0.39 is 0 Å². The highest BCUT2D eigenvalue weighted by molar-refractivity contribution is 5.92. The van der Waals surface area contributed by atoms with E-state index in [4.69, 9.17) is 4.74 Å². The molecule has 2 amide bonds. The van der Waals surface area contributed by atoms with Crippen molar-refractivity contribution in [1.82, 2.24) is 10.9 Å². The van der Waals surface area contributed by atoms with Gasteiger partial charge in [0.05, 0.1) is 13.5 Å². The van der Waals surface area contributed by atoms with E-state index >= 15 is 0 Å². The van der Waals surface area contributed by atoms with Crippen LogP contribution in [-0.2, 0) is 9.59 Å². The van der Waals surface area contributed by atoms with Crippen LogP contribution in [0.1, 0.15) is 32.6 Å². The molecule has 0 spiro atoms. The van der Waals surface area contributed by atoms with E-state index in [1.807, 2.05) is 6.92 Å². The normalized spacial score (nSPS) is 9.73. The number of unbranched alkanes of at least 4 members (excludes halogenated alkanes) is 1. The number of hydrogen-bond donors (Lipinski definition) is 3. The molecule has 0 heterocycles. The van der Waals surface area contributed by atoms with Crippen LogP contribution in [0.15, 0.2) is 36.5 Å². The van der Waals surface area contributed by atoms with Crippen molar-refractivity contribution in [3.8, 4) is 5.75 Å². The number of carbonyl (C=O) groups excluding carboxylic acids is 2. The number of anilines is 1. The number of nitrogens with one attached hydrogen (secondary N) is 3. The number of hydrazine groups is 1. The zero-order valence-electron chi connectivity index (χ0n) is 13.1. The van der Waals surface area contributed by atoms with E-state index in [9.17, 15) is 9.59 Å². The van der Waals surface area contributed by atoms with Crippen LogP contribution in [0.4, 0.5) is 5.69 Å². The SMILES string of the molecule is C=C(CC(=O)Nc1cccc(OC)c1)NNC(=O)CCCC. The van der Waals surface area contributed by atoms with Gasteiger partial charge in [-0.25, -0.2) is 0 Å². The Labute approximate surface area is 130 Å². The number of hydrogen-bond acceptors (Lipinski definition) is 4. The second-order valence-corrected chi connectivity index (χ2v) is 4.84. The average molecular weight is 305 g/mol. The predicted octanol–water partition coefficient (Wildman–Crippen LogP) is 2.35. The number of benzene rings is 1. The van der Waals surface area contributed by atoms with Gasteiger partial charge in [0, 0.05) is 23.9 Å². The summed E-state index contributed by atoms with van der Waals surface area (Å²) in [4.78, 5) is 23.3. The Morgan fingerprint density at radius 3 is 2.68 bits per heavy atom. The van der Waals surface area contributed by atoms with Crippen LogP contribution in [-0.4, -0.2) is 18.9 Å². The van der Waals surface area contributed by atoms with Crippen LogP contribution in [0.25, 0.3) is 0 Å². The molecule has 0 atom stereocenters. The molecule has 6 heteroatoms. The zero-order valence-corrected chi connectivity index (χ0v) is 13.1. The molecule has 0 saturated heterocycles. The van der Waals surface area contributed by atoms with Crippen LogP contribution < -0.4 is 20.9 Å². The first-order valence-corrected chi connectivity index (χ1v) is 7.21. The summed E-state index contributed by atoms with van der Waals surface area (Å²) in [5.41, 5.74) is 6.23. The molecule has 1 aromatic rings. The monoisotopic (exact) mass is 305 g/mol. The summed E-state index contributed by atoms with van der Waals surface area (Å²) in [6.07, 6.45) is 2.30. The molecule has 0 aliphatic heterocycles. The van der Waals surface area contributed by atoms with Crippen LogP contribution in [0, 0.1) is 0 Å². The van der Waals surface area contributed by atoms with Gasteiger partial charge in [0.1, 0.15) is 5.75 Å². The molecule has 22 heavy (non-hydrogen) atoms. The number of methoxy groups -OCH3 is 1. The molecule has 0 bridgehead atoms. The Kier molecular flexibility index (Phi) is 7.53. The summed E-state index contributed by atoms with van der Waals surface area (Å²) in [5.74, 6) is 0.322. The molecule has 0 aliphatic rings. The highest BCUT2D eigenvalue weighted by Gasteiger charge is 2.07. The van der Waals surface area contributed by atoms with Gasteiger partial charge in [-0.15, -0.1) is 0 Å². The summed E-state index contributed by atoms with van der Waals surface area (Å²) < 4.78 is 5.09. The molecule has 3 N–H and O–H groups in total. The molecule has 1 rings (SSSR count). The Morgan fingerprint density at radius 1 is 1.23 bits per heavy atom. The summed E-state index contributed by atoms with van der Waals surface area (Å²) >= 11 is 0. The third-order valence-electron chi connectivity index (χ3n) is 2.86. The molecule has 1 aromatic carbocycles. The average Bonchev–Trinajstić information content (AvgIpc) is 2.50. The van der Waals surface area contributed by atoms with Crippen molar-refractivity contribution in [2.24, 2.45) is 0 Å². The minimum absolute atomic E-state index is 0.0608. The highest BCUT2D eigenvalue weighted by atomic mass is 16.5. The maximum absolute atomic E-state index is 11.9.